The molecular weight excluding hydrogens is 262 g/mol. The van der Waals surface area contributed by atoms with Gasteiger partial charge in [-0.3, -0.25) is 0 Å². The Morgan fingerprint density at radius 1 is 1.25 bits per heavy atom. The molecule has 0 aliphatic rings. The summed E-state index contributed by atoms with van der Waals surface area (Å²) >= 11 is 3.46. The highest BCUT2D eigenvalue weighted by Crippen LogP contribution is 2.21. The van der Waals surface area contributed by atoms with Gasteiger partial charge in [0.15, 0.2) is 0 Å². The van der Waals surface area contributed by atoms with Gasteiger partial charge < -0.3 is 5.32 Å². The molecule has 16 heavy (non-hydrogen) atoms. The van der Waals surface area contributed by atoms with Crippen LogP contribution in [0.15, 0.2) is 28.7 Å². The number of hydrogen-bond donors (Lipinski definition) is 1. The zero-order chi connectivity index (χ0) is 12.2. The first-order valence-electron chi connectivity index (χ1n) is 5.93. The zero-order valence-corrected chi connectivity index (χ0v) is 12.3. The molecule has 0 fully saturated rings. The van der Waals surface area contributed by atoms with Gasteiger partial charge in [0, 0.05) is 17.1 Å². The number of benzene rings is 1. The summed E-state index contributed by atoms with van der Waals surface area (Å²) in [5.41, 5.74) is 1.72. The Hall–Kier alpha value is -0.340. The predicted molar refractivity (Wildman–Crippen MR) is 74.6 cm³/mol. The molecule has 1 atom stereocenters. The maximum atomic E-state index is 3.59. The first-order valence-corrected chi connectivity index (χ1v) is 6.73. The molecule has 1 N–H and O–H groups in total. The smallest absolute Gasteiger partial charge is 0.0292 e. The SMILES string of the molecule is CCC(C)(C)CNC(C)c1ccc(Br)cc1. The van der Waals surface area contributed by atoms with Gasteiger partial charge in [0.2, 0.25) is 0 Å². The van der Waals surface area contributed by atoms with E-state index < -0.39 is 0 Å². The van der Waals surface area contributed by atoms with Crippen molar-refractivity contribution >= 4 is 15.9 Å². The van der Waals surface area contributed by atoms with Gasteiger partial charge in [-0.15, -0.1) is 0 Å². The van der Waals surface area contributed by atoms with Crippen LogP contribution in [0.1, 0.15) is 45.7 Å². The Labute approximate surface area is 108 Å². The van der Waals surface area contributed by atoms with Crippen LogP contribution in [0, 0.1) is 5.41 Å². The summed E-state index contributed by atoms with van der Waals surface area (Å²) in [6.45, 7) is 10.1. The molecule has 2 heteroatoms. The molecule has 1 unspecified atom stereocenters. The van der Waals surface area contributed by atoms with Crippen molar-refractivity contribution < 1.29 is 0 Å². The van der Waals surface area contributed by atoms with E-state index in [1.54, 1.807) is 0 Å². The Morgan fingerprint density at radius 2 is 1.81 bits per heavy atom. The van der Waals surface area contributed by atoms with E-state index in [-0.39, 0.29) is 0 Å². The van der Waals surface area contributed by atoms with E-state index in [2.05, 4.69) is 73.2 Å². The molecule has 1 rings (SSSR count). The van der Waals surface area contributed by atoms with Crippen LogP contribution in [0.2, 0.25) is 0 Å². The van der Waals surface area contributed by atoms with Crippen LogP contribution in [0.25, 0.3) is 0 Å². The van der Waals surface area contributed by atoms with E-state index in [9.17, 15) is 0 Å². The van der Waals surface area contributed by atoms with E-state index in [0.717, 1.165) is 11.0 Å². The molecule has 90 valence electrons. The molecule has 0 aromatic heterocycles. The van der Waals surface area contributed by atoms with E-state index in [1.807, 2.05) is 0 Å². The van der Waals surface area contributed by atoms with Gasteiger partial charge in [0.05, 0.1) is 0 Å². The Morgan fingerprint density at radius 3 is 2.31 bits per heavy atom. The number of hydrogen-bond acceptors (Lipinski definition) is 1. The summed E-state index contributed by atoms with van der Waals surface area (Å²) in [5, 5.41) is 3.59. The molecule has 1 aromatic carbocycles. The van der Waals surface area contributed by atoms with Gasteiger partial charge in [-0.2, -0.15) is 0 Å². The summed E-state index contributed by atoms with van der Waals surface area (Å²) in [7, 11) is 0. The van der Waals surface area contributed by atoms with Crippen LogP contribution >= 0.6 is 15.9 Å². The Bertz CT molecular complexity index is 316. The van der Waals surface area contributed by atoms with Gasteiger partial charge in [0.1, 0.15) is 0 Å². The van der Waals surface area contributed by atoms with Crippen molar-refractivity contribution in [2.45, 2.75) is 40.2 Å². The predicted octanol–water partition coefficient (Wildman–Crippen LogP) is 4.54. The fourth-order valence-electron chi connectivity index (χ4n) is 1.42. The lowest BCUT2D eigenvalue weighted by molar-refractivity contribution is 0.314. The second-order valence-corrected chi connectivity index (χ2v) is 6.09. The minimum atomic E-state index is 0.379. The van der Waals surface area contributed by atoms with Crippen LogP contribution in [0.4, 0.5) is 0 Å². The fourth-order valence-corrected chi connectivity index (χ4v) is 1.69. The lowest BCUT2D eigenvalue weighted by Gasteiger charge is -2.26. The molecule has 1 aromatic rings. The summed E-state index contributed by atoms with van der Waals surface area (Å²) in [6.07, 6.45) is 1.20. The highest BCUT2D eigenvalue weighted by atomic mass is 79.9. The first kappa shape index (κ1) is 13.7. The molecule has 1 nitrogen and oxygen atoms in total. The van der Waals surface area contributed by atoms with Crippen molar-refractivity contribution in [1.29, 1.82) is 0 Å². The van der Waals surface area contributed by atoms with E-state index in [0.29, 0.717) is 11.5 Å². The molecule has 0 saturated heterocycles. The van der Waals surface area contributed by atoms with Crippen molar-refractivity contribution in [3.05, 3.63) is 34.3 Å². The van der Waals surface area contributed by atoms with Crippen molar-refractivity contribution in [2.24, 2.45) is 5.41 Å². The lowest BCUT2D eigenvalue weighted by atomic mass is 9.90. The summed E-state index contributed by atoms with van der Waals surface area (Å²) in [5.74, 6) is 0. The van der Waals surface area contributed by atoms with Crippen LogP contribution < -0.4 is 5.32 Å². The van der Waals surface area contributed by atoms with Crippen LogP contribution in [0.3, 0.4) is 0 Å². The summed E-state index contributed by atoms with van der Waals surface area (Å²) < 4.78 is 1.14. The average Bonchev–Trinajstić information content (AvgIpc) is 2.27. The van der Waals surface area contributed by atoms with Crippen LogP contribution in [-0.4, -0.2) is 6.54 Å². The van der Waals surface area contributed by atoms with Gasteiger partial charge >= 0.3 is 0 Å². The summed E-state index contributed by atoms with van der Waals surface area (Å²) in [6, 6.07) is 8.94. The maximum Gasteiger partial charge on any atom is 0.0292 e. The van der Waals surface area contributed by atoms with E-state index >= 15 is 0 Å². The van der Waals surface area contributed by atoms with Crippen molar-refractivity contribution in [3.8, 4) is 0 Å². The number of nitrogens with one attached hydrogen (secondary N) is 1. The molecular formula is C14H22BrN. The molecule has 0 spiro atoms. The maximum absolute atomic E-state index is 3.59. The van der Waals surface area contributed by atoms with Crippen molar-refractivity contribution in [2.75, 3.05) is 6.54 Å². The highest BCUT2D eigenvalue weighted by Gasteiger charge is 2.16. The molecule has 0 bridgehead atoms. The van der Waals surface area contributed by atoms with Gasteiger partial charge in [0.25, 0.3) is 0 Å². The minimum absolute atomic E-state index is 0.379. The lowest BCUT2D eigenvalue weighted by Crippen LogP contribution is -2.30. The standard InChI is InChI=1S/C14H22BrN/c1-5-14(3,4)10-16-11(2)12-6-8-13(15)9-7-12/h6-9,11,16H,5,10H2,1-4H3. The van der Waals surface area contributed by atoms with Crippen molar-refractivity contribution in [1.82, 2.24) is 5.32 Å². The molecule has 0 radical (unpaired) electrons. The third kappa shape index (κ3) is 4.26. The van der Waals surface area contributed by atoms with Gasteiger partial charge in [-0.1, -0.05) is 48.8 Å². The number of rotatable bonds is 5. The van der Waals surface area contributed by atoms with E-state index in [4.69, 9.17) is 0 Å². The molecule has 0 amide bonds. The molecule has 0 heterocycles. The van der Waals surface area contributed by atoms with Crippen LogP contribution in [0.5, 0.6) is 0 Å². The fraction of sp³-hybridized carbons (Fsp3) is 0.571. The Kier molecular flexibility index (Phi) is 5.00. The monoisotopic (exact) mass is 283 g/mol. The molecule has 0 aliphatic heterocycles. The number of halogens is 1. The van der Waals surface area contributed by atoms with Gasteiger partial charge in [-0.25, -0.2) is 0 Å². The Balaban J connectivity index is 2.53. The van der Waals surface area contributed by atoms with E-state index in [1.165, 1.54) is 12.0 Å². The first-order chi connectivity index (χ1) is 7.44. The molecule has 0 saturated carbocycles. The normalized spacial score (nSPS) is 13.8. The van der Waals surface area contributed by atoms with Crippen molar-refractivity contribution in [3.63, 3.8) is 0 Å². The minimum Gasteiger partial charge on any atom is -0.310 e. The third-order valence-electron chi connectivity index (χ3n) is 3.21. The average molecular weight is 284 g/mol. The second kappa shape index (κ2) is 5.83. The third-order valence-corrected chi connectivity index (χ3v) is 3.74. The van der Waals surface area contributed by atoms with Crippen LogP contribution in [-0.2, 0) is 0 Å². The highest BCUT2D eigenvalue weighted by molar-refractivity contribution is 9.10. The molecule has 0 aliphatic carbocycles. The quantitative estimate of drug-likeness (QED) is 0.837. The van der Waals surface area contributed by atoms with Gasteiger partial charge in [-0.05, 0) is 36.5 Å². The topological polar surface area (TPSA) is 12.0 Å². The summed E-state index contributed by atoms with van der Waals surface area (Å²) in [4.78, 5) is 0. The zero-order valence-electron chi connectivity index (χ0n) is 10.7. The second-order valence-electron chi connectivity index (χ2n) is 5.17. The largest absolute Gasteiger partial charge is 0.310 e.